The minimum atomic E-state index is -4.23. The lowest BCUT2D eigenvalue weighted by molar-refractivity contribution is -0.0686. The fourth-order valence-electron chi connectivity index (χ4n) is 2.22. The van der Waals surface area contributed by atoms with E-state index < -0.39 is 43.6 Å². The minimum Gasteiger partial charge on any atom is -0.386 e. The van der Waals surface area contributed by atoms with Crippen molar-refractivity contribution in [2.45, 2.75) is 24.5 Å². The van der Waals surface area contributed by atoms with E-state index >= 15 is 0 Å². The van der Waals surface area contributed by atoms with Gasteiger partial charge in [-0.2, -0.15) is 0 Å². The Morgan fingerprint density at radius 3 is 2.90 bits per heavy atom. The average Bonchev–Trinajstić information content (AvgIpc) is 2.70. The highest BCUT2D eigenvalue weighted by molar-refractivity contribution is 14.1. The van der Waals surface area contributed by atoms with Crippen LogP contribution >= 0.6 is 30.4 Å². The lowest BCUT2D eigenvalue weighted by Crippen LogP contribution is -2.40. The van der Waals surface area contributed by atoms with Crippen molar-refractivity contribution >= 4 is 30.4 Å². The third-order valence-electron chi connectivity index (χ3n) is 3.16. The summed E-state index contributed by atoms with van der Waals surface area (Å²) >= 11 is 1.73. The summed E-state index contributed by atoms with van der Waals surface area (Å²) in [7, 11) is -4.23. The van der Waals surface area contributed by atoms with Crippen molar-refractivity contribution in [1.29, 1.82) is 0 Å². The largest absolute Gasteiger partial charge is 0.472 e. The predicted molar refractivity (Wildman–Crippen MR) is 74.6 cm³/mol. The first-order chi connectivity index (χ1) is 9.78. The first-order valence-electron chi connectivity index (χ1n) is 5.79. The maximum Gasteiger partial charge on any atom is 0.472 e. The second-order valence-electron chi connectivity index (χ2n) is 4.53. The van der Waals surface area contributed by atoms with Crippen molar-refractivity contribution in [2.75, 3.05) is 6.61 Å². The first-order valence-corrected chi connectivity index (χ1v) is 8.36. The molecule has 1 aromatic heterocycles. The molecule has 0 saturated carbocycles. The molecule has 0 aliphatic carbocycles. The van der Waals surface area contributed by atoms with Gasteiger partial charge < -0.3 is 14.7 Å². The number of nitrogens with zero attached hydrogens (tertiary/aromatic N) is 1. The molecule has 5 atom stereocenters. The van der Waals surface area contributed by atoms with E-state index in [0.717, 1.165) is 4.57 Å². The molecule has 0 bridgehead atoms. The predicted octanol–water partition coefficient (Wildman–Crippen LogP) is -1.08. The summed E-state index contributed by atoms with van der Waals surface area (Å²) < 4.78 is 27.4. The van der Waals surface area contributed by atoms with Crippen LogP contribution in [0.4, 0.5) is 0 Å². The van der Waals surface area contributed by atoms with Gasteiger partial charge in [-0.05, 0) is 22.6 Å². The van der Waals surface area contributed by atoms with E-state index in [9.17, 15) is 24.2 Å². The second kappa shape index (κ2) is 5.26. The highest BCUT2D eigenvalue weighted by Gasteiger charge is 2.52. The monoisotopic (exact) mass is 432 g/mol. The summed E-state index contributed by atoms with van der Waals surface area (Å²) in [4.78, 5) is 34.5. The second-order valence-corrected chi connectivity index (χ2v) is 7.10. The van der Waals surface area contributed by atoms with Crippen molar-refractivity contribution in [3.8, 4) is 0 Å². The van der Waals surface area contributed by atoms with Gasteiger partial charge >= 0.3 is 13.5 Å². The van der Waals surface area contributed by atoms with Crippen molar-refractivity contribution in [1.82, 2.24) is 9.55 Å². The molecule has 3 rings (SSSR count). The van der Waals surface area contributed by atoms with E-state index in [2.05, 4.69) is 9.51 Å². The molecule has 116 valence electrons. The SMILES string of the molecule is O=c1[nH]c(=O)n([C@@H]2OC3COP(=O)(O)OC3[C@H]2O)cc1I. The van der Waals surface area contributed by atoms with E-state index in [1.165, 1.54) is 6.20 Å². The average molecular weight is 432 g/mol. The van der Waals surface area contributed by atoms with E-state index in [0.29, 0.717) is 0 Å². The highest BCUT2D eigenvalue weighted by atomic mass is 127. The highest BCUT2D eigenvalue weighted by Crippen LogP contribution is 2.52. The van der Waals surface area contributed by atoms with E-state index in [4.69, 9.17) is 9.26 Å². The standard InChI is InChI=1S/C9H10IN2O8P/c10-3-1-12(9(15)11-7(3)14)8-5(13)6-4(19-8)2-18-21(16,17)20-6/h1,4-6,8,13H,2H2,(H,16,17)(H,11,14,15)/t4?,5-,6?,8-/m1/s1. The maximum absolute atomic E-state index is 11.8. The molecule has 10 nitrogen and oxygen atoms in total. The zero-order chi connectivity index (χ0) is 15.4. The summed E-state index contributed by atoms with van der Waals surface area (Å²) in [6.45, 7) is -0.249. The number of aliphatic hydroxyl groups is 1. The third kappa shape index (κ3) is 2.74. The molecule has 3 unspecified atom stereocenters. The number of aromatic nitrogens is 2. The summed E-state index contributed by atoms with van der Waals surface area (Å²) in [5.74, 6) is 0. The van der Waals surface area contributed by atoms with Crippen molar-refractivity contribution < 1.29 is 28.3 Å². The minimum absolute atomic E-state index is 0.225. The third-order valence-corrected chi connectivity index (χ3v) is 4.92. The van der Waals surface area contributed by atoms with Gasteiger partial charge in [0.2, 0.25) is 0 Å². The molecule has 0 aromatic carbocycles. The number of hydrogen-bond acceptors (Lipinski definition) is 7. The Hall–Kier alpha value is -0.560. The zero-order valence-electron chi connectivity index (χ0n) is 10.2. The van der Waals surface area contributed by atoms with Crippen LogP contribution in [-0.2, 0) is 18.3 Å². The number of ether oxygens (including phenoxy) is 1. The number of fused-ring (bicyclic) bond motifs is 1. The molecule has 0 spiro atoms. The number of halogens is 1. The van der Waals surface area contributed by atoms with Crippen LogP contribution in [0.5, 0.6) is 0 Å². The van der Waals surface area contributed by atoms with Crippen LogP contribution in [0.2, 0.25) is 0 Å². The van der Waals surface area contributed by atoms with Crippen LogP contribution in [0.25, 0.3) is 0 Å². The van der Waals surface area contributed by atoms with Crippen LogP contribution in [0.1, 0.15) is 6.23 Å². The fourth-order valence-corrected chi connectivity index (χ4v) is 3.61. The topological polar surface area (TPSA) is 140 Å². The van der Waals surface area contributed by atoms with Gasteiger partial charge in [0.15, 0.2) is 6.23 Å². The molecule has 2 aliphatic heterocycles. The number of phosphoric ester groups is 1. The number of hydrogen-bond donors (Lipinski definition) is 3. The normalized spacial score (nSPS) is 39.2. The van der Waals surface area contributed by atoms with Crippen molar-refractivity contribution in [3.05, 3.63) is 30.6 Å². The molecule has 1 aromatic rings. The molecule has 3 N–H and O–H groups in total. The van der Waals surface area contributed by atoms with Crippen molar-refractivity contribution in [3.63, 3.8) is 0 Å². The van der Waals surface area contributed by atoms with Gasteiger partial charge in [0, 0.05) is 6.20 Å². The Morgan fingerprint density at radius 1 is 1.48 bits per heavy atom. The summed E-state index contributed by atoms with van der Waals surface area (Å²) in [5.41, 5.74) is -1.32. The molecule has 2 aliphatic rings. The Kier molecular flexibility index (Phi) is 3.84. The van der Waals surface area contributed by atoms with Gasteiger partial charge in [0.25, 0.3) is 5.56 Å². The Labute approximate surface area is 130 Å². The van der Waals surface area contributed by atoms with Gasteiger partial charge in [-0.1, -0.05) is 0 Å². The zero-order valence-corrected chi connectivity index (χ0v) is 13.3. The number of H-pyrrole nitrogens is 1. The molecule has 0 radical (unpaired) electrons. The Morgan fingerprint density at radius 2 is 2.19 bits per heavy atom. The Bertz CT molecular complexity index is 731. The smallest absolute Gasteiger partial charge is 0.386 e. The molecule has 2 fully saturated rings. The van der Waals surface area contributed by atoms with Gasteiger partial charge in [0.1, 0.15) is 18.3 Å². The van der Waals surface area contributed by atoms with Crippen molar-refractivity contribution in [2.24, 2.45) is 0 Å². The Balaban J connectivity index is 1.95. The first kappa shape index (κ1) is 15.3. The lowest BCUT2D eigenvalue weighted by Gasteiger charge is -2.27. The summed E-state index contributed by atoms with van der Waals surface area (Å²) in [6, 6.07) is 0. The van der Waals surface area contributed by atoms with Crippen LogP contribution < -0.4 is 11.2 Å². The number of aromatic amines is 1. The number of nitrogens with one attached hydrogen (secondary N) is 1. The van der Waals surface area contributed by atoms with E-state index in [1.807, 2.05) is 0 Å². The van der Waals surface area contributed by atoms with E-state index in [-0.39, 0.29) is 10.2 Å². The van der Waals surface area contributed by atoms with Gasteiger partial charge in [-0.25, -0.2) is 9.36 Å². The van der Waals surface area contributed by atoms with E-state index in [1.54, 1.807) is 22.6 Å². The molecule has 21 heavy (non-hydrogen) atoms. The molecule has 0 amide bonds. The molecule has 12 heteroatoms. The summed E-state index contributed by atoms with van der Waals surface area (Å²) in [6.07, 6.45) is -3.18. The quantitative estimate of drug-likeness (QED) is 0.376. The number of phosphoric acid groups is 1. The summed E-state index contributed by atoms with van der Waals surface area (Å²) in [5, 5.41) is 10.2. The number of aliphatic hydroxyl groups excluding tert-OH is 1. The fraction of sp³-hybridized carbons (Fsp3) is 0.556. The van der Waals surface area contributed by atoms with Gasteiger partial charge in [0.05, 0.1) is 10.2 Å². The maximum atomic E-state index is 11.8. The van der Waals surface area contributed by atoms with Gasteiger partial charge in [-0.3, -0.25) is 23.4 Å². The lowest BCUT2D eigenvalue weighted by atomic mass is 10.1. The molecular formula is C9H10IN2O8P. The molecule has 3 heterocycles. The number of rotatable bonds is 1. The van der Waals surface area contributed by atoms with Crippen LogP contribution in [0.15, 0.2) is 15.8 Å². The molecule has 2 saturated heterocycles. The van der Waals surface area contributed by atoms with Crippen LogP contribution in [0.3, 0.4) is 0 Å². The molecular weight excluding hydrogens is 422 g/mol. The van der Waals surface area contributed by atoms with Gasteiger partial charge in [-0.15, -0.1) is 0 Å². The van der Waals surface area contributed by atoms with Crippen LogP contribution in [0, 0.1) is 3.57 Å². The van der Waals surface area contributed by atoms with Crippen LogP contribution in [-0.4, -0.2) is 44.5 Å².